The molecule has 0 atom stereocenters. The van der Waals surface area contributed by atoms with Crippen LogP contribution in [0.1, 0.15) is 16.7 Å². The monoisotopic (exact) mass is 408 g/mol. The van der Waals surface area contributed by atoms with Gasteiger partial charge in [0.05, 0.1) is 20.3 Å². The van der Waals surface area contributed by atoms with Crippen LogP contribution in [-0.4, -0.2) is 55.3 Å². The summed E-state index contributed by atoms with van der Waals surface area (Å²) in [6.45, 7) is 2.16. The number of benzene rings is 2. The molecule has 0 radical (unpaired) electrons. The number of ether oxygens (including phenoxy) is 2. The zero-order valence-electron chi connectivity index (χ0n) is 16.7. The lowest BCUT2D eigenvalue weighted by atomic mass is 10.00. The first kappa shape index (κ1) is 21.3. The van der Waals surface area contributed by atoms with Crippen LogP contribution in [0.3, 0.4) is 0 Å². The van der Waals surface area contributed by atoms with Gasteiger partial charge in [0, 0.05) is 24.7 Å². The number of carbonyl (C=O) groups is 2. The molecule has 1 fully saturated rings. The van der Waals surface area contributed by atoms with Gasteiger partial charge < -0.3 is 14.4 Å². The van der Waals surface area contributed by atoms with Crippen molar-refractivity contribution < 1.29 is 24.3 Å². The van der Waals surface area contributed by atoms with Crippen molar-refractivity contribution in [3.05, 3.63) is 71.3 Å². The number of amides is 2. The van der Waals surface area contributed by atoms with Crippen LogP contribution < -0.4 is 10.2 Å². The van der Waals surface area contributed by atoms with Crippen molar-refractivity contribution in [1.29, 1.82) is 0 Å². The third kappa shape index (κ3) is 5.56. The summed E-state index contributed by atoms with van der Waals surface area (Å²) in [6.07, 6.45) is 4.66. The van der Waals surface area contributed by atoms with E-state index in [-0.39, 0.29) is 5.91 Å². The smallest absolute Gasteiger partial charge is 0.267 e. The molecular weight excluding hydrogens is 384 g/mol. The summed E-state index contributed by atoms with van der Waals surface area (Å²) >= 11 is 0. The number of morpholine rings is 1. The molecule has 0 aromatic heterocycles. The zero-order chi connectivity index (χ0) is 21.3. The summed E-state index contributed by atoms with van der Waals surface area (Å²) in [7, 11) is 1.59. The van der Waals surface area contributed by atoms with Crippen molar-refractivity contribution in [3.8, 4) is 5.75 Å². The molecule has 3 rings (SSSR count). The van der Waals surface area contributed by atoms with Gasteiger partial charge in [0.1, 0.15) is 5.75 Å². The fraction of sp³-hybridized carbons (Fsp3) is 0.217. The summed E-state index contributed by atoms with van der Waals surface area (Å²) in [6, 6.07) is 14.8. The lowest BCUT2D eigenvalue weighted by Gasteiger charge is -2.28. The molecule has 156 valence electrons. The van der Waals surface area contributed by atoms with Crippen LogP contribution in [0.4, 0.5) is 0 Å². The van der Waals surface area contributed by atoms with Crippen molar-refractivity contribution in [2.75, 3.05) is 33.4 Å². The van der Waals surface area contributed by atoms with Gasteiger partial charge in [-0.3, -0.25) is 14.8 Å². The highest BCUT2D eigenvalue weighted by atomic mass is 16.5. The second kappa shape index (κ2) is 10.4. The number of hydrogen-bond donors (Lipinski definition) is 2. The molecule has 7 nitrogen and oxygen atoms in total. The molecule has 1 heterocycles. The average Bonchev–Trinajstić information content (AvgIpc) is 2.81. The molecule has 2 N–H and O–H groups in total. The quantitative estimate of drug-likeness (QED) is 0.332. The predicted octanol–water partition coefficient (Wildman–Crippen LogP) is 2.61. The largest absolute Gasteiger partial charge is 0.497 e. The van der Waals surface area contributed by atoms with E-state index in [2.05, 4.69) is 0 Å². The summed E-state index contributed by atoms with van der Waals surface area (Å²) < 4.78 is 10.7. The molecule has 1 saturated heterocycles. The molecule has 2 aromatic rings. The Kier molecular flexibility index (Phi) is 7.37. The maximum Gasteiger partial charge on any atom is 0.267 e. The Labute approximate surface area is 175 Å². The summed E-state index contributed by atoms with van der Waals surface area (Å²) in [4.78, 5) is 26.2. The summed E-state index contributed by atoms with van der Waals surface area (Å²) in [5, 5.41) is 8.55. The van der Waals surface area contributed by atoms with E-state index in [1.807, 2.05) is 54.6 Å². The molecule has 1 aliphatic heterocycles. The van der Waals surface area contributed by atoms with Crippen LogP contribution in [0, 0.1) is 0 Å². The minimum absolute atomic E-state index is 0.0601. The summed E-state index contributed by atoms with van der Waals surface area (Å²) in [5.74, 6) is 0.0151. The number of methoxy groups -OCH3 is 1. The van der Waals surface area contributed by atoms with Gasteiger partial charge in [-0.25, -0.2) is 5.48 Å². The van der Waals surface area contributed by atoms with Crippen molar-refractivity contribution in [2.45, 2.75) is 0 Å². The standard InChI is InChI=1S/C23H24N2O5/c1-29-20-4-2-3-19(16-20)21(23(27)25-11-13-30-14-12-25)15-18-7-5-17(6-8-18)9-10-22(26)24-28/h2-10,15-16,28H,11-14H2,1H3,(H,24,26). The van der Waals surface area contributed by atoms with Gasteiger partial charge >= 0.3 is 0 Å². The second-order valence-corrected chi connectivity index (χ2v) is 6.67. The molecule has 2 aromatic carbocycles. The Morgan fingerprint density at radius 3 is 2.47 bits per heavy atom. The van der Waals surface area contributed by atoms with Crippen molar-refractivity contribution in [3.63, 3.8) is 0 Å². The number of hydrogen-bond acceptors (Lipinski definition) is 5. The highest BCUT2D eigenvalue weighted by Gasteiger charge is 2.22. The third-order valence-corrected chi connectivity index (χ3v) is 4.69. The zero-order valence-corrected chi connectivity index (χ0v) is 16.7. The molecular formula is C23H24N2O5. The first-order valence-electron chi connectivity index (χ1n) is 9.56. The molecule has 7 heteroatoms. The summed E-state index contributed by atoms with van der Waals surface area (Å²) in [5.41, 5.74) is 4.52. The lowest BCUT2D eigenvalue weighted by molar-refractivity contribution is -0.128. The number of rotatable bonds is 6. The predicted molar refractivity (Wildman–Crippen MR) is 114 cm³/mol. The third-order valence-electron chi connectivity index (χ3n) is 4.69. The van der Waals surface area contributed by atoms with Crippen molar-refractivity contribution in [1.82, 2.24) is 10.4 Å². The van der Waals surface area contributed by atoms with Crippen LogP contribution >= 0.6 is 0 Å². The van der Waals surface area contributed by atoms with Crippen LogP contribution in [0.25, 0.3) is 17.7 Å². The lowest BCUT2D eigenvalue weighted by Crippen LogP contribution is -2.41. The fourth-order valence-electron chi connectivity index (χ4n) is 3.08. The minimum Gasteiger partial charge on any atom is -0.497 e. The van der Waals surface area contributed by atoms with E-state index in [9.17, 15) is 9.59 Å². The van der Waals surface area contributed by atoms with Crippen LogP contribution in [0.5, 0.6) is 5.75 Å². The first-order chi connectivity index (χ1) is 14.6. The van der Waals surface area contributed by atoms with E-state index in [1.54, 1.807) is 23.6 Å². The molecule has 1 aliphatic rings. The topological polar surface area (TPSA) is 88.1 Å². The van der Waals surface area contributed by atoms with Crippen molar-refractivity contribution in [2.24, 2.45) is 0 Å². The Bertz CT molecular complexity index is 944. The molecule has 30 heavy (non-hydrogen) atoms. The van der Waals surface area contributed by atoms with E-state index in [1.165, 1.54) is 6.08 Å². The number of nitrogens with one attached hydrogen (secondary N) is 1. The van der Waals surface area contributed by atoms with E-state index in [0.717, 1.165) is 16.7 Å². The first-order valence-corrected chi connectivity index (χ1v) is 9.56. The van der Waals surface area contributed by atoms with Crippen molar-refractivity contribution >= 4 is 29.5 Å². The highest BCUT2D eigenvalue weighted by molar-refractivity contribution is 6.24. The van der Waals surface area contributed by atoms with E-state index < -0.39 is 5.91 Å². The number of nitrogens with zero attached hydrogens (tertiary/aromatic N) is 1. The van der Waals surface area contributed by atoms with Gasteiger partial charge in [-0.2, -0.15) is 0 Å². The molecule has 0 unspecified atom stereocenters. The van der Waals surface area contributed by atoms with E-state index in [4.69, 9.17) is 14.7 Å². The molecule has 0 spiro atoms. The Hall–Kier alpha value is -3.42. The van der Waals surface area contributed by atoms with Gasteiger partial charge in [0.25, 0.3) is 11.8 Å². The van der Waals surface area contributed by atoms with Gasteiger partial charge in [-0.15, -0.1) is 0 Å². The highest BCUT2D eigenvalue weighted by Crippen LogP contribution is 2.25. The second-order valence-electron chi connectivity index (χ2n) is 6.67. The Morgan fingerprint density at radius 2 is 1.80 bits per heavy atom. The van der Waals surface area contributed by atoms with Gasteiger partial charge in [-0.1, -0.05) is 36.4 Å². The SMILES string of the molecule is COc1cccc(C(=Cc2ccc(C=CC(=O)NO)cc2)C(=O)N2CCOCC2)c1. The fourth-order valence-corrected chi connectivity index (χ4v) is 3.08. The average molecular weight is 408 g/mol. The Balaban J connectivity index is 1.92. The van der Waals surface area contributed by atoms with E-state index in [0.29, 0.717) is 37.6 Å². The minimum atomic E-state index is -0.601. The normalized spacial score (nSPS) is 14.6. The number of hydroxylamine groups is 1. The number of carbonyl (C=O) groups excluding carboxylic acids is 2. The van der Waals surface area contributed by atoms with E-state index >= 15 is 0 Å². The Morgan fingerprint density at radius 1 is 1.10 bits per heavy atom. The van der Waals surface area contributed by atoms with Crippen LogP contribution in [0.2, 0.25) is 0 Å². The van der Waals surface area contributed by atoms with Gasteiger partial charge in [0.2, 0.25) is 0 Å². The van der Waals surface area contributed by atoms with Gasteiger partial charge in [-0.05, 0) is 41.0 Å². The molecule has 2 amide bonds. The van der Waals surface area contributed by atoms with Crippen LogP contribution in [0.15, 0.2) is 54.6 Å². The maximum atomic E-state index is 13.3. The molecule has 0 aliphatic carbocycles. The maximum absolute atomic E-state index is 13.3. The molecule has 0 bridgehead atoms. The van der Waals surface area contributed by atoms with Gasteiger partial charge in [0.15, 0.2) is 0 Å². The molecule has 0 saturated carbocycles. The van der Waals surface area contributed by atoms with Crippen LogP contribution in [-0.2, 0) is 14.3 Å².